The number of nitrogens with zero attached hydrogens (tertiary/aromatic N) is 1. The molecule has 1 saturated heterocycles. The second-order valence-corrected chi connectivity index (χ2v) is 7.52. The van der Waals surface area contributed by atoms with Crippen LogP contribution in [0.2, 0.25) is 5.02 Å². The lowest BCUT2D eigenvalue weighted by molar-refractivity contribution is -0.140. The van der Waals surface area contributed by atoms with Gasteiger partial charge in [0.15, 0.2) is 18.1 Å². The van der Waals surface area contributed by atoms with Gasteiger partial charge in [-0.1, -0.05) is 24.4 Å². The highest BCUT2D eigenvalue weighted by Gasteiger charge is 2.35. The second-order valence-electron chi connectivity index (χ2n) is 7.11. The lowest BCUT2D eigenvalue weighted by atomic mass is 9.78. The van der Waals surface area contributed by atoms with Gasteiger partial charge in [0.1, 0.15) is 0 Å². The zero-order valence-corrected chi connectivity index (χ0v) is 15.3. The molecule has 26 heavy (non-hydrogen) atoms. The number of likely N-dealkylation sites (tertiary alicyclic amines) is 1. The van der Waals surface area contributed by atoms with Crippen LogP contribution in [-0.4, -0.2) is 42.8 Å². The summed E-state index contributed by atoms with van der Waals surface area (Å²) in [6.45, 7) is 0.588. The normalized spacial score (nSPS) is 24.1. The van der Waals surface area contributed by atoms with Gasteiger partial charge in [0.05, 0.1) is 10.6 Å². The fourth-order valence-corrected chi connectivity index (χ4v) is 4.58. The Labute approximate surface area is 157 Å². The fourth-order valence-electron chi connectivity index (χ4n) is 4.31. The predicted molar refractivity (Wildman–Crippen MR) is 94.6 cm³/mol. The predicted octanol–water partition coefficient (Wildman–Crippen LogP) is 3.41. The van der Waals surface area contributed by atoms with Gasteiger partial charge in [-0.25, -0.2) is 4.79 Å². The van der Waals surface area contributed by atoms with E-state index in [2.05, 4.69) is 0 Å². The van der Waals surface area contributed by atoms with Crippen LogP contribution in [0.3, 0.4) is 0 Å². The van der Waals surface area contributed by atoms with Crippen LogP contribution in [0.1, 0.15) is 48.9 Å². The lowest BCUT2D eigenvalue weighted by Crippen LogP contribution is -2.50. The Morgan fingerprint density at radius 1 is 1.15 bits per heavy atom. The summed E-state index contributed by atoms with van der Waals surface area (Å²) in [6.07, 6.45) is 6.90. The largest absolute Gasteiger partial charge is 0.454 e. The highest BCUT2D eigenvalue weighted by atomic mass is 35.5. The van der Waals surface area contributed by atoms with Crippen LogP contribution >= 0.6 is 11.6 Å². The first-order chi connectivity index (χ1) is 12.6. The number of carbonyl (C=O) groups is 2. The van der Waals surface area contributed by atoms with Gasteiger partial charge in [-0.05, 0) is 43.7 Å². The number of carbonyl (C=O) groups excluding carboxylic acids is 2. The van der Waals surface area contributed by atoms with Crippen LogP contribution in [0.5, 0.6) is 11.5 Å². The van der Waals surface area contributed by atoms with Gasteiger partial charge in [-0.3, -0.25) is 4.79 Å². The molecule has 1 aromatic carbocycles. The maximum Gasteiger partial charge on any atom is 0.338 e. The van der Waals surface area contributed by atoms with E-state index in [0.29, 0.717) is 28.5 Å². The molecule has 4 rings (SSSR count). The number of benzene rings is 1. The van der Waals surface area contributed by atoms with E-state index in [-0.39, 0.29) is 24.9 Å². The molecule has 1 saturated carbocycles. The van der Waals surface area contributed by atoms with Gasteiger partial charge in [0, 0.05) is 12.6 Å². The van der Waals surface area contributed by atoms with E-state index in [4.69, 9.17) is 25.8 Å². The quantitative estimate of drug-likeness (QED) is 0.753. The maximum absolute atomic E-state index is 12.6. The van der Waals surface area contributed by atoms with Crippen molar-refractivity contribution in [1.29, 1.82) is 0 Å². The highest BCUT2D eigenvalue weighted by Crippen LogP contribution is 2.40. The van der Waals surface area contributed by atoms with Crippen molar-refractivity contribution < 1.29 is 23.8 Å². The van der Waals surface area contributed by atoms with Crippen molar-refractivity contribution in [2.45, 2.75) is 44.6 Å². The maximum atomic E-state index is 12.6. The topological polar surface area (TPSA) is 65.1 Å². The highest BCUT2D eigenvalue weighted by molar-refractivity contribution is 6.32. The van der Waals surface area contributed by atoms with Gasteiger partial charge >= 0.3 is 5.97 Å². The van der Waals surface area contributed by atoms with Crippen LogP contribution in [0.15, 0.2) is 12.1 Å². The lowest BCUT2D eigenvalue weighted by Gasteiger charge is -2.44. The Balaban J connectivity index is 1.38. The molecule has 0 unspecified atom stereocenters. The third-order valence-electron chi connectivity index (χ3n) is 5.55. The van der Waals surface area contributed by atoms with Gasteiger partial charge in [0.25, 0.3) is 5.91 Å². The van der Waals surface area contributed by atoms with E-state index in [0.717, 1.165) is 19.4 Å². The van der Waals surface area contributed by atoms with E-state index >= 15 is 0 Å². The third-order valence-corrected chi connectivity index (χ3v) is 5.83. The Hall–Kier alpha value is -1.95. The molecule has 2 fully saturated rings. The molecular formula is C19H22ClNO5. The summed E-state index contributed by atoms with van der Waals surface area (Å²) in [5, 5.41) is 0.291. The number of hydrogen-bond donors (Lipinski definition) is 0. The summed E-state index contributed by atoms with van der Waals surface area (Å²) in [4.78, 5) is 26.9. The zero-order chi connectivity index (χ0) is 18.1. The van der Waals surface area contributed by atoms with E-state index in [1.165, 1.54) is 37.8 Å². The van der Waals surface area contributed by atoms with Crippen molar-refractivity contribution in [3.63, 3.8) is 0 Å². The Kier molecular flexibility index (Phi) is 4.94. The first kappa shape index (κ1) is 17.5. The molecule has 2 atom stereocenters. The minimum atomic E-state index is -0.587. The number of ether oxygens (including phenoxy) is 3. The molecule has 2 heterocycles. The molecule has 1 aromatic rings. The number of piperidine rings is 1. The monoisotopic (exact) mass is 379 g/mol. The smallest absolute Gasteiger partial charge is 0.338 e. The first-order valence-electron chi connectivity index (χ1n) is 9.19. The molecule has 6 nitrogen and oxygen atoms in total. The molecule has 0 bridgehead atoms. The minimum absolute atomic E-state index is 0.0730. The van der Waals surface area contributed by atoms with Crippen molar-refractivity contribution in [2.75, 3.05) is 19.9 Å². The number of esters is 1. The molecule has 0 radical (unpaired) electrons. The Morgan fingerprint density at radius 2 is 1.96 bits per heavy atom. The van der Waals surface area contributed by atoms with Crippen molar-refractivity contribution in [3.05, 3.63) is 22.7 Å². The van der Waals surface area contributed by atoms with Crippen molar-refractivity contribution in [3.8, 4) is 11.5 Å². The van der Waals surface area contributed by atoms with Crippen LogP contribution in [0, 0.1) is 5.92 Å². The average Bonchev–Trinajstić information content (AvgIpc) is 3.14. The van der Waals surface area contributed by atoms with E-state index in [1.54, 1.807) is 0 Å². The molecule has 3 aliphatic rings. The second kappa shape index (κ2) is 7.35. The molecule has 1 aliphatic carbocycles. The Morgan fingerprint density at radius 3 is 2.85 bits per heavy atom. The summed E-state index contributed by atoms with van der Waals surface area (Å²) in [6, 6.07) is 3.31. The summed E-state index contributed by atoms with van der Waals surface area (Å²) >= 11 is 6.09. The van der Waals surface area contributed by atoms with Crippen molar-refractivity contribution in [1.82, 2.24) is 4.90 Å². The number of rotatable bonds is 3. The molecule has 2 aliphatic heterocycles. The van der Waals surface area contributed by atoms with Gasteiger partial charge in [-0.2, -0.15) is 0 Å². The summed E-state index contributed by atoms with van der Waals surface area (Å²) in [5.74, 6) is 0.746. The third kappa shape index (κ3) is 3.34. The van der Waals surface area contributed by atoms with Crippen LogP contribution in [0.25, 0.3) is 0 Å². The SMILES string of the molecule is O=C(OCC(=O)N1CCC[C@H]2CCCC[C@@H]21)c1cc(Cl)c2c(c1)OCO2. The standard InChI is InChI=1S/C19H22ClNO5/c20-14-8-13(9-16-18(14)26-11-25-16)19(23)24-10-17(22)21-7-3-5-12-4-1-2-6-15(12)21/h8-9,12,15H,1-7,10-11H2/t12-,15+/m1/s1. The van der Waals surface area contributed by atoms with Crippen LogP contribution in [-0.2, 0) is 9.53 Å². The number of fused-ring (bicyclic) bond motifs is 2. The summed E-state index contributed by atoms with van der Waals surface area (Å²) < 4.78 is 15.7. The number of halogens is 1. The Bertz CT molecular complexity index is 720. The van der Waals surface area contributed by atoms with Gasteiger partial charge in [-0.15, -0.1) is 0 Å². The van der Waals surface area contributed by atoms with Gasteiger partial charge < -0.3 is 19.1 Å². The zero-order valence-electron chi connectivity index (χ0n) is 14.5. The molecule has 140 valence electrons. The molecule has 0 aromatic heterocycles. The van der Waals surface area contributed by atoms with E-state index < -0.39 is 5.97 Å². The minimum Gasteiger partial charge on any atom is -0.454 e. The van der Waals surface area contributed by atoms with E-state index in [1.807, 2.05) is 4.90 Å². The van der Waals surface area contributed by atoms with Crippen molar-refractivity contribution in [2.24, 2.45) is 5.92 Å². The van der Waals surface area contributed by atoms with Crippen LogP contribution < -0.4 is 9.47 Å². The molecular weight excluding hydrogens is 358 g/mol. The summed E-state index contributed by atoms with van der Waals surface area (Å²) in [7, 11) is 0. The van der Waals surface area contributed by atoms with Gasteiger partial charge in [0.2, 0.25) is 6.79 Å². The molecule has 0 spiro atoms. The number of hydrogen-bond acceptors (Lipinski definition) is 5. The van der Waals surface area contributed by atoms with E-state index in [9.17, 15) is 9.59 Å². The van der Waals surface area contributed by atoms with Crippen LogP contribution in [0.4, 0.5) is 0 Å². The van der Waals surface area contributed by atoms with Crippen molar-refractivity contribution >= 4 is 23.5 Å². The first-order valence-corrected chi connectivity index (χ1v) is 9.57. The fraction of sp³-hybridized carbons (Fsp3) is 0.579. The molecule has 1 amide bonds. The molecule has 0 N–H and O–H groups in total. The number of amides is 1. The summed E-state index contributed by atoms with van der Waals surface area (Å²) in [5.41, 5.74) is 0.251. The average molecular weight is 380 g/mol. The molecule has 7 heteroatoms.